The summed E-state index contributed by atoms with van der Waals surface area (Å²) in [7, 11) is 0. The molecule has 19 heavy (non-hydrogen) atoms. The number of H-pyrrole nitrogens is 1. The predicted octanol–water partition coefficient (Wildman–Crippen LogP) is 2.10. The fraction of sp³-hybridized carbons (Fsp3) is 0. The molecule has 0 aliphatic heterocycles. The number of anilines is 1. The number of rotatable bonds is 2. The maximum Gasteiger partial charge on any atom is 0.140 e. The molecule has 6 N–H and O–H groups in total. The molecule has 3 aromatic rings. The van der Waals surface area contributed by atoms with Gasteiger partial charge >= 0.3 is 0 Å². The molecule has 5 nitrogen and oxygen atoms in total. The Bertz CT molecular complexity index is 772. The standard InChI is InChI=1S/C14H13N5/c15-10-4-2-1-3-9(10)14-18-11-6-5-8(13(16)17)7-12(11)19-14/h1-7H,15H2,(H3,16,17)(H,18,19). The second-order valence-corrected chi connectivity index (χ2v) is 4.32. The Morgan fingerprint density at radius 1 is 1.16 bits per heavy atom. The van der Waals surface area contributed by atoms with Crippen molar-refractivity contribution < 1.29 is 0 Å². The third kappa shape index (κ3) is 1.91. The number of benzene rings is 2. The number of aromatic amines is 1. The molecule has 0 unspecified atom stereocenters. The van der Waals surface area contributed by atoms with Crippen LogP contribution in [0.15, 0.2) is 42.5 Å². The number of amidine groups is 1. The number of nitrogen functional groups attached to an aromatic ring is 2. The highest BCUT2D eigenvalue weighted by Crippen LogP contribution is 2.25. The second kappa shape index (κ2) is 4.13. The van der Waals surface area contributed by atoms with Gasteiger partial charge in [0.15, 0.2) is 0 Å². The highest BCUT2D eigenvalue weighted by Gasteiger charge is 2.08. The average molecular weight is 251 g/mol. The van der Waals surface area contributed by atoms with Gasteiger partial charge in [0.1, 0.15) is 11.7 Å². The molecule has 3 rings (SSSR count). The lowest BCUT2D eigenvalue weighted by Crippen LogP contribution is -2.10. The van der Waals surface area contributed by atoms with Gasteiger partial charge in [0.2, 0.25) is 0 Å². The summed E-state index contributed by atoms with van der Waals surface area (Å²) >= 11 is 0. The number of hydrogen-bond acceptors (Lipinski definition) is 3. The van der Waals surface area contributed by atoms with Crippen molar-refractivity contribution in [2.24, 2.45) is 5.73 Å². The van der Waals surface area contributed by atoms with E-state index in [-0.39, 0.29) is 5.84 Å². The first-order valence-electron chi connectivity index (χ1n) is 5.84. The van der Waals surface area contributed by atoms with Crippen molar-refractivity contribution >= 4 is 22.6 Å². The molecular formula is C14H13N5. The van der Waals surface area contributed by atoms with E-state index in [1.165, 1.54) is 0 Å². The summed E-state index contributed by atoms with van der Waals surface area (Å²) in [5, 5.41) is 7.44. The number of para-hydroxylation sites is 1. The van der Waals surface area contributed by atoms with Gasteiger partial charge in [0.05, 0.1) is 11.0 Å². The molecular weight excluding hydrogens is 238 g/mol. The van der Waals surface area contributed by atoms with Crippen molar-refractivity contribution in [3.63, 3.8) is 0 Å². The largest absolute Gasteiger partial charge is 0.398 e. The zero-order valence-corrected chi connectivity index (χ0v) is 10.1. The summed E-state index contributed by atoms with van der Waals surface area (Å²) < 4.78 is 0. The van der Waals surface area contributed by atoms with Gasteiger partial charge in [-0.25, -0.2) is 4.98 Å². The first kappa shape index (κ1) is 11.3. The highest BCUT2D eigenvalue weighted by atomic mass is 14.9. The predicted molar refractivity (Wildman–Crippen MR) is 77.0 cm³/mol. The van der Waals surface area contributed by atoms with Crippen molar-refractivity contribution in [2.75, 3.05) is 5.73 Å². The lowest BCUT2D eigenvalue weighted by atomic mass is 10.2. The van der Waals surface area contributed by atoms with Gasteiger partial charge in [-0.05, 0) is 30.3 Å². The molecule has 0 amide bonds. The fourth-order valence-electron chi connectivity index (χ4n) is 2.01. The van der Waals surface area contributed by atoms with Crippen LogP contribution in [0.5, 0.6) is 0 Å². The van der Waals surface area contributed by atoms with Crippen molar-refractivity contribution in [1.82, 2.24) is 9.97 Å². The van der Waals surface area contributed by atoms with E-state index in [9.17, 15) is 0 Å². The number of aromatic nitrogens is 2. The Morgan fingerprint density at radius 3 is 2.68 bits per heavy atom. The van der Waals surface area contributed by atoms with Gasteiger partial charge in [-0.1, -0.05) is 12.1 Å². The minimum atomic E-state index is 0.0330. The summed E-state index contributed by atoms with van der Waals surface area (Å²) in [6, 6.07) is 13.0. The van der Waals surface area contributed by atoms with Crippen LogP contribution in [0.1, 0.15) is 5.56 Å². The average Bonchev–Trinajstić information content (AvgIpc) is 2.81. The molecule has 0 saturated carbocycles. The zero-order chi connectivity index (χ0) is 13.4. The van der Waals surface area contributed by atoms with E-state index in [1.54, 1.807) is 12.1 Å². The van der Waals surface area contributed by atoms with Crippen molar-refractivity contribution in [1.29, 1.82) is 5.41 Å². The topological polar surface area (TPSA) is 105 Å². The van der Waals surface area contributed by atoms with Gasteiger partial charge in [0, 0.05) is 16.8 Å². The molecule has 94 valence electrons. The van der Waals surface area contributed by atoms with Gasteiger partial charge in [-0.2, -0.15) is 0 Å². The van der Waals surface area contributed by atoms with Crippen LogP contribution in [0.3, 0.4) is 0 Å². The van der Waals surface area contributed by atoms with E-state index in [0.717, 1.165) is 16.6 Å². The van der Waals surface area contributed by atoms with E-state index in [0.29, 0.717) is 17.1 Å². The normalized spacial score (nSPS) is 10.7. The molecule has 0 atom stereocenters. The Morgan fingerprint density at radius 2 is 1.95 bits per heavy atom. The monoisotopic (exact) mass is 251 g/mol. The maximum absolute atomic E-state index is 7.44. The third-order valence-corrected chi connectivity index (χ3v) is 3.01. The number of nitrogens with two attached hydrogens (primary N) is 2. The van der Waals surface area contributed by atoms with Crippen LogP contribution in [0.4, 0.5) is 5.69 Å². The molecule has 0 radical (unpaired) electrons. The zero-order valence-electron chi connectivity index (χ0n) is 10.1. The molecule has 0 aliphatic rings. The molecule has 1 aromatic heterocycles. The molecule has 5 heteroatoms. The smallest absolute Gasteiger partial charge is 0.140 e. The summed E-state index contributed by atoms with van der Waals surface area (Å²) in [6.45, 7) is 0. The van der Waals surface area contributed by atoms with E-state index >= 15 is 0 Å². The molecule has 2 aromatic carbocycles. The molecule has 0 saturated heterocycles. The lowest BCUT2D eigenvalue weighted by molar-refractivity contribution is 1.34. The van der Waals surface area contributed by atoms with E-state index < -0.39 is 0 Å². The molecule has 0 bridgehead atoms. The fourth-order valence-corrected chi connectivity index (χ4v) is 2.01. The first-order chi connectivity index (χ1) is 9.15. The summed E-state index contributed by atoms with van der Waals surface area (Å²) in [5.74, 6) is 0.750. The van der Waals surface area contributed by atoms with Crippen LogP contribution in [0.25, 0.3) is 22.4 Å². The van der Waals surface area contributed by atoms with Crippen molar-refractivity contribution in [2.45, 2.75) is 0 Å². The van der Waals surface area contributed by atoms with Crippen LogP contribution < -0.4 is 11.5 Å². The van der Waals surface area contributed by atoms with Gasteiger partial charge < -0.3 is 16.5 Å². The van der Waals surface area contributed by atoms with Crippen LogP contribution in [-0.4, -0.2) is 15.8 Å². The summed E-state index contributed by atoms with van der Waals surface area (Å²) in [4.78, 5) is 7.72. The van der Waals surface area contributed by atoms with E-state index in [2.05, 4.69) is 9.97 Å². The van der Waals surface area contributed by atoms with Gasteiger partial charge in [0.25, 0.3) is 0 Å². The minimum Gasteiger partial charge on any atom is -0.398 e. The Kier molecular flexibility index (Phi) is 2.45. The Hall–Kier alpha value is -2.82. The number of nitrogens with one attached hydrogen (secondary N) is 2. The molecule has 0 fully saturated rings. The van der Waals surface area contributed by atoms with Crippen LogP contribution >= 0.6 is 0 Å². The summed E-state index contributed by atoms with van der Waals surface area (Å²) in [6.07, 6.45) is 0. The first-order valence-corrected chi connectivity index (χ1v) is 5.84. The molecule has 1 heterocycles. The number of nitrogens with zero attached hydrogens (tertiary/aromatic N) is 1. The molecule has 0 spiro atoms. The van der Waals surface area contributed by atoms with Crippen molar-refractivity contribution in [3.05, 3.63) is 48.0 Å². The van der Waals surface area contributed by atoms with Crippen LogP contribution in [-0.2, 0) is 0 Å². The minimum absolute atomic E-state index is 0.0330. The highest BCUT2D eigenvalue weighted by molar-refractivity contribution is 5.98. The number of hydrogen-bond donors (Lipinski definition) is 4. The van der Waals surface area contributed by atoms with Crippen LogP contribution in [0, 0.1) is 5.41 Å². The Balaban J connectivity index is 2.17. The second-order valence-electron chi connectivity index (χ2n) is 4.32. The van der Waals surface area contributed by atoms with Gasteiger partial charge in [-0.15, -0.1) is 0 Å². The van der Waals surface area contributed by atoms with E-state index in [4.69, 9.17) is 16.9 Å². The van der Waals surface area contributed by atoms with E-state index in [1.807, 2.05) is 30.3 Å². The molecule has 0 aliphatic carbocycles. The summed E-state index contributed by atoms with van der Waals surface area (Å²) in [5.41, 5.74) is 15.3. The van der Waals surface area contributed by atoms with Crippen molar-refractivity contribution in [3.8, 4) is 11.4 Å². The quantitative estimate of drug-likeness (QED) is 0.318. The number of imidazole rings is 1. The Labute approximate surface area is 109 Å². The van der Waals surface area contributed by atoms with Crippen LogP contribution in [0.2, 0.25) is 0 Å². The van der Waals surface area contributed by atoms with Gasteiger partial charge in [-0.3, -0.25) is 5.41 Å². The maximum atomic E-state index is 7.44. The third-order valence-electron chi connectivity index (χ3n) is 3.01. The SMILES string of the molecule is N=C(N)c1ccc2[nH]c(-c3ccccc3N)nc2c1. The number of fused-ring (bicyclic) bond motifs is 1. The lowest BCUT2D eigenvalue weighted by Gasteiger charge is -2.00.